The molecule has 3 heteroatoms. The van der Waals surface area contributed by atoms with Crippen LogP contribution in [0.1, 0.15) is 23.3 Å². The molecule has 1 atom stereocenters. The van der Waals surface area contributed by atoms with Crippen molar-refractivity contribution in [2.24, 2.45) is 0 Å². The summed E-state index contributed by atoms with van der Waals surface area (Å²) in [5.41, 5.74) is 0.509. The summed E-state index contributed by atoms with van der Waals surface area (Å²) < 4.78 is 5.28. The maximum Gasteiger partial charge on any atom is 0.209 e. The molecule has 1 aromatic rings. The summed E-state index contributed by atoms with van der Waals surface area (Å²) in [6, 6.07) is 5.34. The van der Waals surface area contributed by atoms with Gasteiger partial charge in [0.2, 0.25) is 5.78 Å². The van der Waals surface area contributed by atoms with Gasteiger partial charge in [-0.3, -0.25) is 9.78 Å². The number of ether oxygens (including phenoxy) is 1. The second kappa shape index (κ2) is 3.66. The van der Waals surface area contributed by atoms with E-state index in [0.29, 0.717) is 12.3 Å². The molecule has 1 aromatic heterocycles. The van der Waals surface area contributed by atoms with Crippen molar-refractivity contribution in [2.45, 2.75) is 18.9 Å². The van der Waals surface area contributed by atoms with Crippen LogP contribution in [0.25, 0.3) is 0 Å². The average molecular weight is 177 g/mol. The van der Waals surface area contributed by atoms with Crippen LogP contribution in [0, 0.1) is 0 Å². The van der Waals surface area contributed by atoms with E-state index in [2.05, 4.69) is 4.98 Å². The van der Waals surface area contributed by atoms with Gasteiger partial charge in [0.05, 0.1) is 0 Å². The van der Waals surface area contributed by atoms with Crippen molar-refractivity contribution >= 4 is 5.78 Å². The van der Waals surface area contributed by atoms with Crippen LogP contribution in [0.2, 0.25) is 0 Å². The van der Waals surface area contributed by atoms with Crippen molar-refractivity contribution in [3.63, 3.8) is 0 Å². The first kappa shape index (κ1) is 8.38. The molecule has 0 aromatic carbocycles. The van der Waals surface area contributed by atoms with Crippen LogP contribution < -0.4 is 0 Å². The lowest BCUT2D eigenvalue weighted by molar-refractivity contribution is 0.0638. The standard InChI is InChI=1S/C10H11NO2/c12-10(9-5-3-7-13-9)8-4-1-2-6-11-8/h1-2,4,6,9H,3,5,7H2/t9-/m0/s1. The zero-order valence-corrected chi connectivity index (χ0v) is 7.27. The molecule has 0 radical (unpaired) electrons. The highest BCUT2D eigenvalue weighted by atomic mass is 16.5. The number of nitrogens with zero attached hydrogens (tertiary/aromatic N) is 1. The van der Waals surface area contributed by atoms with Crippen molar-refractivity contribution in [2.75, 3.05) is 6.61 Å². The highest BCUT2D eigenvalue weighted by Gasteiger charge is 2.25. The van der Waals surface area contributed by atoms with Crippen LogP contribution >= 0.6 is 0 Å². The van der Waals surface area contributed by atoms with Gasteiger partial charge in [-0.25, -0.2) is 0 Å². The lowest BCUT2D eigenvalue weighted by Gasteiger charge is -2.06. The van der Waals surface area contributed by atoms with Crippen molar-refractivity contribution in [3.8, 4) is 0 Å². The molecule has 2 rings (SSSR count). The van der Waals surface area contributed by atoms with Crippen LogP contribution in [0.4, 0.5) is 0 Å². The normalized spacial score (nSPS) is 21.7. The number of carbonyl (C=O) groups is 1. The third-order valence-electron chi connectivity index (χ3n) is 2.14. The second-order valence-corrected chi connectivity index (χ2v) is 3.08. The Kier molecular flexibility index (Phi) is 2.36. The summed E-state index contributed by atoms with van der Waals surface area (Å²) in [7, 11) is 0. The van der Waals surface area contributed by atoms with Crippen LogP contribution in [-0.4, -0.2) is 23.5 Å². The van der Waals surface area contributed by atoms with E-state index < -0.39 is 0 Å². The van der Waals surface area contributed by atoms with Crippen molar-refractivity contribution in [1.29, 1.82) is 0 Å². The number of ketones is 1. The smallest absolute Gasteiger partial charge is 0.209 e. The summed E-state index contributed by atoms with van der Waals surface area (Å²) >= 11 is 0. The minimum atomic E-state index is -0.255. The number of pyridine rings is 1. The van der Waals surface area contributed by atoms with Crippen LogP contribution in [0.5, 0.6) is 0 Å². The van der Waals surface area contributed by atoms with E-state index in [1.807, 2.05) is 6.07 Å². The van der Waals surface area contributed by atoms with Gasteiger partial charge in [0.1, 0.15) is 11.8 Å². The number of hydrogen-bond donors (Lipinski definition) is 0. The average Bonchev–Trinajstić information content (AvgIpc) is 2.71. The third kappa shape index (κ3) is 1.75. The molecule has 1 aliphatic rings. The van der Waals surface area contributed by atoms with Crippen LogP contribution in [-0.2, 0) is 4.74 Å². The zero-order chi connectivity index (χ0) is 9.10. The minimum Gasteiger partial charge on any atom is -0.370 e. The predicted molar refractivity (Wildman–Crippen MR) is 47.5 cm³/mol. The Morgan fingerprint density at radius 1 is 1.54 bits per heavy atom. The van der Waals surface area contributed by atoms with Gasteiger partial charge in [0.15, 0.2) is 0 Å². The molecule has 0 N–H and O–H groups in total. The monoisotopic (exact) mass is 177 g/mol. The summed E-state index contributed by atoms with van der Waals surface area (Å²) in [6.45, 7) is 0.698. The largest absolute Gasteiger partial charge is 0.370 e. The first-order valence-corrected chi connectivity index (χ1v) is 4.45. The Morgan fingerprint density at radius 3 is 3.08 bits per heavy atom. The number of hydrogen-bond acceptors (Lipinski definition) is 3. The molecular formula is C10H11NO2. The Balaban J connectivity index is 2.13. The maximum atomic E-state index is 11.7. The Labute approximate surface area is 76.7 Å². The van der Waals surface area contributed by atoms with Gasteiger partial charge in [0, 0.05) is 12.8 Å². The number of aromatic nitrogens is 1. The first-order valence-electron chi connectivity index (χ1n) is 4.45. The Morgan fingerprint density at radius 2 is 2.46 bits per heavy atom. The van der Waals surface area contributed by atoms with Crippen molar-refractivity contribution in [1.82, 2.24) is 4.98 Å². The topological polar surface area (TPSA) is 39.2 Å². The predicted octanol–water partition coefficient (Wildman–Crippen LogP) is 1.44. The van der Waals surface area contributed by atoms with E-state index >= 15 is 0 Å². The first-order chi connectivity index (χ1) is 6.38. The number of carbonyl (C=O) groups excluding carboxylic acids is 1. The molecule has 13 heavy (non-hydrogen) atoms. The summed E-state index contributed by atoms with van der Waals surface area (Å²) in [6.07, 6.45) is 3.18. The lowest BCUT2D eigenvalue weighted by Crippen LogP contribution is -2.20. The van der Waals surface area contributed by atoms with Gasteiger partial charge < -0.3 is 4.74 Å². The Hall–Kier alpha value is -1.22. The summed E-state index contributed by atoms with van der Waals surface area (Å²) in [4.78, 5) is 15.7. The van der Waals surface area contributed by atoms with Gasteiger partial charge in [-0.2, -0.15) is 0 Å². The molecule has 0 unspecified atom stereocenters. The zero-order valence-electron chi connectivity index (χ0n) is 7.27. The van der Waals surface area contributed by atoms with Gasteiger partial charge >= 0.3 is 0 Å². The highest BCUT2D eigenvalue weighted by molar-refractivity contribution is 5.97. The highest BCUT2D eigenvalue weighted by Crippen LogP contribution is 2.15. The lowest BCUT2D eigenvalue weighted by atomic mass is 10.1. The molecule has 0 amide bonds. The van der Waals surface area contributed by atoms with Gasteiger partial charge in [-0.15, -0.1) is 0 Å². The molecule has 0 bridgehead atoms. The molecule has 1 saturated heterocycles. The minimum absolute atomic E-state index is 0.0121. The van der Waals surface area contributed by atoms with Crippen molar-refractivity contribution < 1.29 is 9.53 Å². The van der Waals surface area contributed by atoms with E-state index in [1.54, 1.807) is 18.3 Å². The van der Waals surface area contributed by atoms with Gasteiger partial charge in [-0.05, 0) is 25.0 Å². The van der Waals surface area contributed by atoms with E-state index in [-0.39, 0.29) is 11.9 Å². The van der Waals surface area contributed by atoms with Gasteiger partial charge in [-0.1, -0.05) is 6.07 Å². The maximum absolute atomic E-state index is 11.7. The molecule has 0 saturated carbocycles. The molecule has 0 spiro atoms. The fourth-order valence-electron chi connectivity index (χ4n) is 1.46. The van der Waals surface area contributed by atoms with E-state index in [0.717, 1.165) is 12.8 Å². The second-order valence-electron chi connectivity index (χ2n) is 3.08. The van der Waals surface area contributed by atoms with Crippen LogP contribution in [0.15, 0.2) is 24.4 Å². The van der Waals surface area contributed by atoms with Crippen molar-refractivity contribution in [3.05, 3.63) is 30.1 Å². The molecular weight excluding hydrogens is 166 g/mol. The quantitative estimate of drug-likeness (QED) is 0.642. The van der Waals surface area contributed by atoms with E-state index in [1.165, 1.54) is 0 Å². The third-order valence-corrected chi connectivity index (χ3v) is 2.14. The van der Waals surface area contributed by atoms with Crippen LogP contribution in [0.3, 0.4) is 0 Å². The number of Topliss-reactive ketones (excluding diaryl/α,β-unsaturated/α-hetero) is 1. The molecule has 1 aliphatic heterocycles. The van der Waals surface area contributed by atoms with Gasteiger partial charge in [0.25, 0.3) is 0 Å². The van der Waals surface area contributed by atoms with E-state index in [4.69, 9.17) is 4.74 Å². The molecule has 3 nitrogen and oxygen atoms in total. The molecule has 68 valence electrons. The summed E-state index contributed by atoms with van der Waals surface area (Å²) in [5.74, 6) is 0.0121. The Bertz CT molecular complexity index is 291. The fraction of sp³-hybridized carbons (Fsp3) is 0.400. The summed E-state index contributed by atoms with van der Waals surface area (Å²) in [5, 5.41) is 0. The molecule has 2 heterocycles. The fourth-order valence-corrected chi connectivity index (χ4v) is 1.46. The SMILES string of the molecule is O=C(c1ccccn1)[C@@H]1CCCO1. The number of rotatable bonds is 2. The molecule has 0 aliphatic carbocycles. The molecule has 1 fully saturated rings. The van der Waals surface area contributed by atoms with E-state index in [9.17, 15) is 4.79 Å².